The summed E-state index contributed by atoms with van der Waals surface area (Å²) in [6.45, 7) is 1.20. The SMILES string of the molecule is O=S(=O)(Cl)c1n[nH]c(C2CCOC2)n1. The predicted molar refractivity (Wildman–Crippen MR) is 47.6 cm³/mol. The minimum absolute atomic E-state index is 0.0923. The fourth-order valence-corrected chi connectivity index (χ4v) is 1.87. The van der Waals surface area contributed by atoms with Crippen LogP contribution >= 0.6 is 10.7 Å². The average Bonchev–Trinajstić information content (AvgIpc) is 2.73. The Bertz CT molecular complexity index is 423. The van der Waals surface area contributed by atoms with Crippen molar-refractivity contribution in [2.24, 2.45) is 0 Å². The maximum absolute atomic E-state index is 10.9. The van der Waals surface area contributed by atoms with E-state index in [0.29, 0.717) is 19.0 Å². The van der Waals surface area contributed by atoms with Gasteiger partial charge in [-0.2, -0.15) is 0 Å². The number of ether oxygens (including phenoxy) is 1. The number of nitrogens with one attached hydrogen (secondary N) is 1. The molecule has 0 aromatic carbocycles. The van der Waals surface area contributed by atoms with E-state index >= 15 is 0 Å². The van der Waals surface area contributed by atoms with Gasteiger partial charge in [0, 0.05) is 23.2 Å². The molecular formula is C6H8ClN3O3S. The third-order valence-corrected chi connectivity index (χ3v) is 3.05. The van der Waals surface area contributed by atoms with E-state index in [4.69, 9.17) is 15.4 Å². The lowest BCUT2D eigenvalue weighted by molar-refractivity contribution is 0.193. The fraction of sp³-hybridized carbons (Fsp3) is 0.667. The molecule has 1 aromatic rings. The molecule has 2 heterocycles. The van der Waals surface area contributed by atoms with Crippen LogP contribution < -0.4 is 0 Å². The summed E-state index contributed by atoms with van der Waals surface area (Å²) in [7, 11) is 1.24. The molecule has 1 unspecified atom stereocenters. The zero-order valence-electron chi connectivity index (χ0n) is 7.10. The minimum Gasteiger partial charge on any atom is -0.381 e. The van der Waals surface area contributed by atoms with Gasteiger partial charge in [-0.3, -0.25) is 5.10 Å². The maximum Gasteiger partial charge on any atom is 0.298 e. The third kappa shape index (κ3) is 1.89. The van der Waals surface area contributed by atoms with Gasteiger partial charge in [0.1, 0.15) is 5.82 Å². The summed E-state index contributed by atoms with van der Waals surface area (Å²) in [6, 6.07) is 0. The summed E-state index contributed by atoms with van der Waals surface area (Å²) in [5, 5.41) is 5.70. The Hall–Kier alpha value is -0.660. The van der Waals surface area contributed by atoms with Crippen molar-refractivity contribution in [2.45, 2.75) is 17.5 Å². The van der Waals surface area contributed by atoms with Crippen LogP contribution in [0.3, 0.4) is 0 Å². The van der Waals surface area contributed by atoms with Gasteiger partial charge in [0.2, 0.25) is 0 Å². The van der Waals surface area contributed by atoms with E-state index in [1.54, 1.807) is 0 Å². The third-order valence-electron chi connectivity index (χ3n) is 2.02. The molecule has 1 N–H and O–H groups in total. The number of H-pyrrole nitrogens is 1. The van der Waals surface area contributed by atoms with Gasteiger partial charge in [0.05, 0.1) is 6.61 Å². The fourth-order valence-electron chi connectivity index (χ4n) is 1.30. The van der Waals surface area contributed by atoms with Crippen molar-refractivity contribution >= 4 is 19.7 Å². The van der Waals surface area contributed by atoms with Crippen molar-refractivity contribution < 1.29 is 13.2 Å². The minimum atomic E-state index is -3.83. The summed E-state index contributed by atoms with van der Waals surface area (Å²) in [5.74, 6) is 0.608. The van der Waals surface area contributed by atoms with Crippen molar-refractivity contribution in [1.82, 2.24) is 15.2 Å². The van der Waals surface area contributed by atoms with Crippen LogP contribution in [0.5, 0.6) is 0 Å². The van der Waals surface area contributed by atoms with E-state index in [1.165, 1.54) is 0 Å². The number of halogens is 1. The molecule has 0 aliphatic carbocycles. The molecule has 0 amide bonds. The van der Waals surface area contributed by atoms with Crippen LogP contribution in [0, 0.1) is 0 Å². The second kappa shape index (κ2) is 3.48. The average molecular weight is 238 g/mol. The Morgan fingerprint density at radius 2 is 2.36 bits per heavy atom. The lowest BCUT2D eigenvalue weighted by atomic mass is 10.1. The van der Waals surface area contributed by atoms with Crippen LogP contribution in [0.2, 0.25) is 0 Å². The number of hydrogen-bond donors (Lipinski definition) is 1. The smallest absolute Gasteiger partial charge is 0.298 e. The van der Waals surface area contributed by atoms with Crippen LogP contribution in [-0.4, -0.2) is 36.8 Å². The van der Waals surface area contributed by atoms with Crippen LogP contribution in [0.15, 0.2) is 5.16 Å². The molecular weight excluding hydrogens is 230 g/mol. The Morgan fingerprint density at radius 1 is 1.57 bits per heavy atom. The number of nitrogens with zero attached hydrogens (tertiary/aromatic N) is 2. The standard InChI is InChI=1S/C6H8ClN3O3S/c7-14(11,12)6-8-5(9-10-6)4-1-2-13-3-4/h4H,1-3H2,(H,8,9,10). The highest BCUT2D eigenvalue weighted by Gasteiger charge is 2.24. The van der Waals surface area contributed by atoms with Gasteiger partial charge in [-0.05, 0) is 6.42 Å². The predicted octanol–water partition coefficient (Wildman–Crippen LogP) is 0.236. The highest BCUT2D eigenvalue weighted by molar-refractivity contribution is 8.13. The zero-order chi connectivity index (χ0) is 10.2. The summed E-state index contributed by atoms with van der Waals surface area (Å²) in [4.78, 5) is 3.80. The lowest BCUT2D eigenvalue weighted by Crippen LogP contribution is -2.00. The lowest BCUT2D eigenvalue weighted by Gasteiger charge is -1.99. The van der Waals surface area contributed by atoms with E-state index in [1.807, 2.05) is 0 Å². The number of rotatable bonds is 2. The zero-order valence-corrected chi connectivity index (χ0v) is 8.68. The normalized spacial score (nSPS) is 22.8. The summed E-state index contributed by atoms with van der Waals surface area (Å²) < 4.78 is 26.8. The molecule has 0 radical (unpaired) electrons. The first-order valence-corrected chi connectivity index (χ1v) is 6.33. The summed E-state index contributed by atoms with van der Waals surface area (Å²) in [5.41, 5.74) is 0. The molecule has 2 rings (SSSR count). The van der Waals surface area contributed by atoms with E-state index in [-0.39, 0.29) is 11.1 Å². The highest BCUT2D eigenvalue weighted by Crippen LogP contribution is 2.22. The molecule has 0 bridgehead atoms. The molecule has 6 nitrogen and oxygen atoms in total. The Kier molecular flexibility index (Phi) is 2.46. The Balaban J connectivity index is 2.25. The Labute approximate surface area is 85.0 Å². The van der Waals surface area contributed by atoms with Gasteiger partial charge in [0.15, 0.2) is 0 Å². The van der Waals surface area contributed by atoms with E-state index < -0.39 is 9.05 Å². The van der Waals surface area contributed by atoms with Crippen LogP contribution in [0.4, 0.5) is 0 Å². The number of aromatic amines is 1. The highest BCUT2D eigenvalue weighted by atomic mass is 35.7. The Morgan fingerprint density at radius 3 is 2.86 bits per heavy atom. The largest absolute Gasteiger partial charge is 0.381 e. The van der Waals surface area contributed by atoms with E-state index in [9.17, 15) is 8.42 Å². The maximum atomic E-state index is 10.9. The van der Waals surface area contributed by atoms with E-state index in [2.05, 4.69) is 15.2 Å². The van der Waals surface area contributed by atoms with Gasteiger partial charge in [-0.15, -0.1) is 5.10 Å². The van der Waals surface area contributed by atoms with Crippen molar-refractivity contribution in [3.05, 3.63) is 5.82 Å². The molecule has 0 spiro atoms. The summed E-state index contributed by atoms with van der Waals surface area (Å²) in [6.07, 6.45) is 0.816. The molecule has 78 valence electrons. The number of hydrogen-bond acceptors (Lipinski definition) is 5. The quantitative estimate of drug-likeness (QED) is 0.745. The number of aromatic nitrogens is 3. The first-order valence-electron chi connectivity index (χ1n) is 4.02. The molecule has 1 aliphatic rings. The van der Waals surface area contributed by atoms with Crippen molar-refractivity contribution in [3.8, 4) is 0 Å². The van der Waals surface area contributed by atoms with E-state index in [0.717, 1.165) is 6.42 Å². The molecule has 1 aromatic heterocycles. The van der Waals surface area contributed by atoms with Gasteiger partial charge in [0.25, 0.3) is 14.2 Å². The van der Waals surface area contributed by atoms with Crippen LogP contribution in [0.25, 0.3) is 0 Å². The first-order chi connectivity index (χ1) is 6.57. The van der Waals surface area contributed by atoms with Gasteiger partial charge >= 0.3 is 0 Å². The van der Waals surface area contributed by atoms with Gasteiger partial charge in [-0.25, -0.2) is 13.4 Å². The van der Waals surface area contributed by atoms with Crippen LogP contribution in [0.1, 0.15) is 18.2 Å². The molecule has 1 fully saturated rings. The summed E-state index contributed by atoms with van der Waals surface area (Å²) >= 11 is 0. The second-order valence-electron chi connectivity index (χ2n) is 3.00. The monoisotopic (exact) mass is 237 g/mol. The molecule has 1 atom stereocenters. The van der Waals surface area contributed by atoms with Crippen LogP contribution in [-0.2, 0) is 13.8 Å². The van der Waals surface area contributed by atoms with Gasteiger partial charge in [-0.1, -0.05) is 0 Å². The van der Waals surface area contributed by atoms with Gasteiger partial charge < -0.3 is 4.74 Å². The second-order valence-corrected chi connectivity index (χ2v) is 5.46. The van der Waals surface area contributed by atoms with Crippen molar-refractivity contribution in [1.29, 1.82) is 0 Å². The van der Waals surface area contributed by atoms with Crippen molar-refractivity contribution in [2.75, 3.05) is 13.2 Å². The molecule has 8 heteroatoms. The topological polar surface area (TPSA) is 84.9 Å². The first kappa shape index (κ1) is 9.88. The molecule has 0 saturated carbocycles. The van der Waals surface area contributed by atoms with Crippen molar-refractivity contribution in [3.63, 3.8) is 0 Å². The molecule has 1 aliphatic heterocycles. The molecule has 1 saturated heterocycles. The molecule has 14 heavy (non-hydrogen) atoms.